The van der Waals surface area contributed by atoms with E-state index in [0.29, 0.717) is 5.56 Å². The number of hydrogen-bond acceptors (Lipinski definition) is 2. The van der Waals surface area contributed by atoms with Gasteiger partial charge in [-0.1, -0.05) is 18.2 Å². The molecule has 1 N–H and O–H groups in total. The number of pyridine rings is 1. The third kappa shape index (κ3) is 2.57. The second kappa shape index (κ2) is 5.27. The van der Waals surface area contributed by atoms with Crippen LogP contribution in [0.2, 0.25) is 0 Å². The molecule has 0 aliphatic carbocycles. The maximum atomic E-state index is 14.0. The summed E-state index contributed by atoms with van der Waals surface area (Å²) >= 11 is 0. The summed E-state index contributed by atoms with van der Waals surface area (Å²) in [6.45, 7) is 3.87. The van der Waals surface area contributed by atoms with Crippen LogP contribution in [0.4, 0.5) is 4.39 Å². The smallest absolute Gasteiger partial charge is 0.128 e. The van der Waals surface area contributed by atoms with Gasteiger partial charge in [0.15, 0.2) is 0 Å². The van der Waals surface area contributed by atoms with Gasteiger partial charge in [-0.25, -0.2) is 4.39 Å². The molecule has 0 fully saturated rings. The minimum absolute atomic E-state index is 0.169. The molecule has 0 aliphatic heterocycles. The lowest BCUT2D eigenvalue weighted by atomic mass is 9.98. The molecule has 18 heavy (non-hydrogen) atoms. The average molecular weight is 244 g/mol. The first-order chi connectivity index (χ1) is 8.61. The average Bonchev–Trinajstić information content (AvgIpc) is 2.33. The van der Waals surface area contributed by atoms with E-state index in [1.165, 1.54) is 0 Å². The quantitative estimate of drug-likeness (QED) is 0.897. The fourth-order valence-electron chi connectivity index (χ4n) is 2.10. The van der Waals surface area contributed by atoms with Crippen LogP contribution in [-0.2, 0) is 0 Å². The lowest BCUT2D eigenvalue weighted by Gasteiger charge is -2.18. The molecule has 2 nitrogen and oxygen atoms in total. The van der Waals surface area contributed by atoms with Crippen LogP contribution in [0, 0.1) is 19.7 Å². The third-order valence-electron chi connectivity index (χ3n) is 2.99. The highest BCUT2D eigenvalue weighted by Crippen LogP contribution is 2.24. The summed E-state index contributed by atoms with van der Waals surface area (Å²) in [7, 11) is 1.83. The lowest BCUT2D eigenvalue weighted by molar-refractivity contribution is 0.574. The highest BCUT2D eigenvalue weighted by molar-refractivity contribution is 5.34. The fraction of sp³-hybridized carbons (Fsp3) is 0.267. The van der Waals surface area contributed by atoms with Crippen molar-refractivity contribution < 1.29 is 4.39 Å². The number of aryl methyl sites for hydroxylation is 2. The lowest BCUT2D eigenvalue weighted by Crippen LogP contribution is -2.19. The number of nitrogens with zero attached hydrogens (tertiary/aromatic N) is 1. The first-order valence-electron chi connectivity index (χ1n) is 5.96. The Bertz CT molecular complexity index is 552. The minimum atomic E-state index is -0.184. The molecule has 0 saturated heterocycles. The monoisotopic (exact) mass is 244 g/mol. The van der Waals surface area contributed by atoms with Crippen LogP contribution in [0.3, 0.4) is 0 Å². The molecule has 94 valence electrons. The van der Waals surface area contributed by atoms with Crippen molar-refractivity contribution in [2.24, 2.45) is 0 Å². The van der Waals surface area contributed by atoms with Crippen LogP contribution >= 0.6 is 0 Å². The van der Waals surface area contributed by atoms with Gasteiger partial charge in [0.05, 0.1) is 6.04 Å². The van der Waals surface area contributed by atoms with E-state index >= 15 is 0 Å². The van der Waals surface area contributed by atoms with Crippen LogP contribution in [-0.4, -0.2) is 12.0 Å². The van der Waals surface area contributed by atoms with Gasteiger partial charge in [-0.3, -0.25) is 4.98 Å². The molecule has 0 amide bonds. The summed E-state index contributed by atoms with van der Waals surface area (Å²) in [5.74, 6) is -0.184. The Balaban J connectivity index is 2.45. The molecule has 0 spiro atoms. The number of rotatable bonds is 3. The Kier molecular flexibility index (Phi) is 3.72. The number of aromatic nitrogens is 1. The normalized spacial score (nSPS) is 12.4. The molecule has 0 saturated carbocycles. The van der Waals surface area contributed by atoms with Gasteiger partial charge in [0.2, 0.25) is 0 Å². The Morgan fingerprint density at radius 2 is 1.89 bits per heavy atom. The van der Waals surface area contributed by atoms with Crippen LogP contribution in [0.5, 0.6) is 0 Å². The van der Waals surface area contributed by atoms with Crippen molar-refractivity contribution in [3.05, 3.63) is 64.7 Å². The largest absolute Gasteiger partial charge is 0.309 e. The molecule has 1 aromatic heterocycles. The summed E-state index contributed by atoms with van der Waals surface area (Å²) in [6, 6.07) is 7.16. The zero-order valence-electron chi connectivity index (χ0n) is 10.9. The van der Waals surface area contributed by atoms with E-state index in [4.69, 9.17) is 0 Å². The number of halogens is 1. The highest BCUT2D eigenvalue weighted by atomic mass is 19.1. The zero-order chi connectivity index (χ0) is 13.1. The molecule has 1 atom stereocenters. The van der Waals surface area contributed by atoms with E-state index in [0.717, 1.165) is 16.7 Å². The van der Waals surface area contributed by atoms with Crippen LogP contribution < -0.4 is 5.32 Å². The van der Waals surface area contributed by atoms with Crippen molar-refractivity contribution in [3.8, 4) is 0 Å². The predicted molar refractivity (Wildman–Crippen MR) is 71.0 cm³/mol. The topological polar surface area (TPSA) is 24.9 Å². The van der Waals surface area contributed by atoms with Gasteiger partial charge >= 0.3 is 0 Å². The molecule has 0 aliphatic rings. The molecule has 2 aromatic rings. The summed E-state index contributed by atoms with van der Waals surface area (Å²) in [4.78, 5) is 4.16. The van der Waals surface area contributed by atoms with Crippen molar-refractivity contribution in [3.63, 3.8) is 0 Å². The number of benzene rings is 1. The molecule has 1 unspecified atom stereocenters. The van der Waals surface area contributed by atoms with E-state index in [1.807, 2.05) is 39.1 Å². The molecule has 2 rings (SSSR count). The molecule has 3 heteroatoms. The molecular weight excluding hydrogens is 227 g/mol. The van der Waals surface area contributed by atoms with E-state index < -0.39 is 0 Å². The molecule has 1 aromatic carbocycles. The Morgan fingerprint density at radius 1 is 1.11 bits per heavy atom. The van der Waals surface area contributed by atoms with Crippen molar-refractivity contribution in [2.45, 2.75) is 19.9 Å². The van der Waals surface area contributed by atoms with Gasteiger partial charge in [0.1, 0.15) is 5.82 Å². The Hall–Kier alpha value is -1.74. The van der Waals surface area contributed by atoms with E-state index in [1.54, 1.807) is 18.5 Å². The number of nitrogens with one attached hydrogen (secondary N) is 1. The summed E-state index contributed by atoms with van der Waals surface area (Å²) < 4.78 is 14.0. The first kappa shape index (κ1) is 12.7. The maximum Gasteiger partial charge on any atom is 0.128 e. The van der Waals surface area contributed by atoms with E-state index in [9.17, 15) is 4.39 Å². The summed E-state index contributed by atoms with van der Waals surface area (Å²) in [5, 5.41) is 3.14. The van der Waals surface area contributed by atoms with Gasteiger partial charge in [-0.2, -0.15) is 0 Å². The van der Waals surface area contributed by atoms with Gasteiger partial charge in [-0.15, -0.1) is 0 Å². The third-order valence-corrected chi connectivity index (χ3v) is 2.99. The summed E-state index contributed by atoms with van der Waals surface area (Å²) in [6.07, 6.45) is 3.56. The SMILES string of the molecule is CNC(c1cncc(C)c1)c1ccc(C)cc1F. The second-order valence-electron chi connectivity index (χ2n) is 4.54. The van der Waals surface area contributed by atoms with Crippen LogP contribution in [0.15, 0.2) is 36.7 Å². The van der Waals surface area contributed by atoms with Gasteiger partial charge in [0.25, 0.3) is 0 Å². The van der Waals surface area contributed by atoms with E-state index in [2.05, 4.69) is 10.3 Å². The van der Waals surface area contributed by atoms with Crippen molar-refractivity contribution in [2.75, 3.05) is 7.05 Å². The van der Waals surface area contributed by atoms with Crippen LogP contribution in [0.25, 0.3) is 0 Å². The van der Waals surface area contributed by atoms with Crippen molar-refractivity contribution >= 4 is 0 Å². The predicted octanol–water partition coefficient (Wildman–Crippen LogP) is 3.15. The second-order valence-corrected chi connectivity index (χ2v) is 4.54. The van der Waals surface area contributed by atoms with Crippen LogP contribution in [0.1, 0.15) is 28.3 Å². The van der Waals surface area contributed by atoms with Gasteiger partial charge < -0.3 is 5.32 Å². The Morgan fingerprint density at radius 3 is 2.50 bits per heavy atom. The number of hydrogen-bond donors (Lipinski definition) is 1. The van der Waals surface area contributed by atoms with Crippen molar-refractivity contribution in [1.29, 1.82) is 0 Å². The standard InChI is InChI=1S/C15H17FN2/c1-10-4-5-13(14(16)7-10)15(17-3)12-6-11(2)8-18-9-12/h4-9,15,17H,1-3H3. The summed E-state index contributed by atoms with van der Waals surface area (Å²) in [5.41, 5.74) is 3.62. The zero-order valence-corrected chi connectivity index (χ0v) is 10.9. The fourth-order valence-corrected chi connectivity index (χ4v) is 2.10. The molecule has 0 radical (unpaired) electrons. The minimum Gasteiger partial charge on any atom is -0.309 e. The van der Waals surface area contributed by atoms with E-state index in [-0.39, 0.29) is 11.9 Å². The Labute approximate surface area is 107 Å². The first-order valence-corrected chi connectivity index (χ1v) is 5.96. The maximum absolute atomic E-state index is 14.0. The molecule has 0 bridgehead atoms. The molecule has 1 heterocycles. The van der Waals surface area contributed by atoms with Gasteiger partial charge in [-0.05, 0) is 43.7 Å². The molecular formula is C15H17FN2. The highest BCUT2D eigenvalue weighted by Gasteiger charge is 2.16. The van der Waals surface area contributed by atoms with Crippen molar-refractivity contribution in [1.82, 2.24) is 10.3 Å². The van der Waals surface area contributed by atoms with Gasteiger partial charge in [0, 0.05) is 18.0 Å².